The van der Waals surface area contributed by atoms with Crippen molar-refractivity contribution in [2.24, 2.45) is 0 Å². The van der Waals surface area contributed by atoms with Crippen molar-refractivity contribution in [1.29, 1.82) is 0 Å². The average Bonchev–Trinajstić information content (AvgIpc) is 2.73. The number of piperidine rings is 1. The lowest BCUT2D eigenvalue weighted by atomic mass is 9.90. The highest BCUT2D eigenvalue weighted by atomic mass is 35.5. The molecule has 0 bridgehead atoms. The standard InChI is InChI=1S/C13H14ClNO2/c14-10-1-2-11-9(7-10)8-12(17-11)13(16)3-5-15-6-4-13/h1-2,7-8,15-16H,3-6H2. The quantitative estimate of drug-likeness (QED) is 0.819. The first-order valence-electron chi connectivity index (χ1n) is 5.80. The van der Waals surface area contributed by atoms with E-state index in [-0.39, 0.29) is 0 Å². The first-order valence-corrected chi connectivity index (χ1v) is 6.18. The van der Waals surface area contributed by atoms with E-state index in [1.54, 1.807) is 6.07 Å². The van der Waals surface area contributed by atoms with E-state index >= 15 is 0 Å². The Labute approximate surface area is 104 Å². The molecule has 0 aliphatic carbocycles. The van der Waals surface area contributed by atoms with E-state index in [2.05, 4.69) is 5.32 Å². The predicted octanol–water partition coefficient (Wildman–Crippen LogP) is 2.66. The highest BCUT2D eigenvalue weighted by Crippen LogP contribution is 2.34. The van der Waals surface area contributed by atoms with Crippen LogP contribution in [-0.4, -0.2) is 18.2 Å². The summed E-state index contributed by atoms with van der Waals surface area (Å²) in [6.07, 6.45) is 1.36. The molecule has 2 aromatic rings. The summed E-state index contributed by atoms with van der Waals surface area (Å²) < 4.78 is 5.73. The largest absolute Gasteiger partial charge is 0.458 e. The number of hydrogen-bond acceptors (Lipinski definition) is 3. The van der Waals surface area contributed by atoms with Crippen molar-refractivity contribution in [3.63, 3.8) is 0 Å². The summed E-state index contributed by atoms with van der Waals surface area (Å²) in [5.74, 6) is 0.649. The lowest BCUT2D eigenvalue weighted by Gasteiger charge is -2.30. The Hall–Kier alpha value is -1.03. The van der Waals surface area contributed by atoms with Crippen LogP contribution in [0.4, 0.5) is 0 Å². The van der Waals surface area contributed by atoms with Gasteiger partial charge < -0.3 is 14.8 Å². The second-order valence-electron chi connectivity index (χ2n) is 4.57. The molecule has 1 fully saturated rings. The Morgan fingerprint density at radius 2 is 2.00 bits per heavy atom. The van der Waals surface area contributed by atoms with Gasteiger partial charge in [-0.05, 0) is 50.2 Å². The van der Waals surface area contributed by atoms with E-state index in [9.17, 15) is 5.11 Å². The predicted molar refractivity (Wildman–Crippen MR) is 67.2 cm³/mol. The molecule has 0 spiro atoms. The van der Waals surface area contributed by atoms with Crippen LogP contribution >= 0.6 is 11.6 Å². The molecule has 1 aliphatic rings. The van der Waals surface area contributed by atoms with Crippen LogP contribution in [0.5, 0.6) is 0 Å². The number of fused-ring (bicyclic) bond motifs is 1. The zero-order chi connectivity index (χ0) is 11.9. The Balaban J connectivity index is 2.05. The van der Waals surface area contributed by atoms with E-state index in [1.165, 1.54) is 0 Å². The summed E-state index contributed by atoms with van der Waals surface area (Å²) in [4.78, 5) is 0. The molecule has 2 N–H and O–H groups in total. The van der Waals surface area contributed by atoms with Crippen LogP contribution in [-0.2, 0) is 5.60 Å². The molecule has 0 saturated carbocycles. The third kappa shape index (κ3) is 1.95. The minimum atomic E-state index is -0.837. The number of furan rings is 1. The maximum Gasteiger partial charge on any atom is 0.136 e. The molecular formula is C13H14ClNO2. The van der Waals surface area contributed by atoms with Crippen LogP contribution in [0.25, 0.3) is 11.0 Å². The van der Waals surface area contributed by atoms with Crippen molar-refractivity contribution in [3.05, 3.63) is 35.0 Å². The highest BCUT2D eigenvalue weighted by Gasteiger charge is 2.34. The van der Waals surface area contributed by atoms with Gasteiger partial charge >= 0.3 is 0 Å². The number of halogens is 1. The lowest BCUT2D eigenvalue weighted by Crippen LogP contribution is -2.39. The van der Waals surface area contributed by atoms with Crippen LogP contribution in [0.3, 0.4) is 0 Å². The van der Waals surface area contributed by atoms with Crippen molar-refractivity contribution < 1.29 is 9.52 Å². The normalized spacial score (nSPS) is 19.6. The monoisotopic (exact) mass is 251 g/mol. The minimum absolute atomic E-state index is 0.649. The highest BCUT2D eigenvalue weighted by molar-refractivity contribution is 6.31. The second-order valence-corrected chi connectivity index (χ2v) is 5.01. The second kappa shape index (κ2) is 4.02. The van der Waals surface area contributed by atoms with Gasteiger partial charge in [-0.2, -0.15) is 0 Å². The fraction of sp³-hybridized carbons (Fsp3) is 0.385. The van der Waals surface area contributed by atoms with Gasteiger partial charge in [0.15, 0.2) is 0 Å². The summed E-state index contributed by atoms with van der Waals surface area (Å²) in [7, 11) is 0. The van der Waals surface area contributed by atoms with Crippen LogP contribution in [0.2, 0.25) is 5.02 Å². The van der Waals surface area contributed by atoms with E-state index in [0.717, 1.165) is 24.1 Å². The van der Waals surface area contributed by atoms with E-state index in [4.69, 9.17) is 16.0 Å². The Morgan fingerprint density at radius 1 is 1.24 bits per heavy atom. The number of aliphatic hydroxyl groups is 1. The third-order valence-corrected chi connectivity index (χ3v) is 3.60. The SMILES string of the molecule is OC1(c2cc3cc(Cl)ccc3o2)CCNCC1. The average molecular weight is 252 g/mol. The molecule has 90 valence electrons. The first kappa shape index (κ1) is 11.1. The first-order chi connectivity index (χ1) is 8.17. The minimum Gasteiger partial charge on any atom is -0.458 e. The Morgan fingerprint density at radius 3 is 2.76 bits per heavy atom. The smallest absolute Gasteiger partial charge is 0.136 e. The van der Waals surface area contributed by atoms with Crippen molar-refractivity contribution in [3.8, 4) is 0 Å². The lowest BCUT2D eigenvalue weighted by molar-refractivity contribution is -0.0124. The van der Waals surface area contributed by atoms with Crippen LogP contribution in [0.1, 0.15) is 18.6 Å². The third-order valence-electron chi connectivity index (χ3n) is 3.37. The molecule has 1 aromatic heterocycles. The van der Waals surface area contributed by atoms with Gasteiger partial charge in [0.1, 0.15) is 16.9 Å². The molecule has 3 nitrogen and oxygen atoms in total. The molecule has 17 heavy (non-hydrogen) atoms. The van der Waals surface area contributed by atoms with Crippen LogP contribution < -0.4 is 5.32 Å². The van der Waals surface area contributed by atoms with Gasteiger partial charge in [-0.25, -0.2) is 0 Å². The molecule has 4 heteroatoms. The van der Waals surface area contributed by atoms with Gasteiger partial charge in [-0.3, -0.25) is 0 Å². The maximum absolute atomic E-state index is 10.5. The van der Waals surface area contributed by atoms with Gasteiger partial charge in [0, 0.05) is 10.4 Å². The van der Waals surface area contributed by atoms with Gasteiger partial charge in [0.25, 0.3) is 0 Å². The van der Waals surface area contributed by atoms with Gasteiger partial charge in [-0.1, -0.05) is 11.6 Å². The molecule has 3 rings (SSSR count). The number of nitrogens with one attached hydrogen (secondary N) is 1. The number of hydrogen-bond donors (Lipinski definition) is 2. The van der Waals surface area contributed by atoms with E-state index < -0.39 is 5.60 Å². The fourth-order valence-corrected chi connectivity index (χ4v) is 2.51. The zero-order valence-corrected chi connectivity index (χ0v) is 10.1. The number of rotatable bonds is 1. The molecule has 1 aromatic carbocycles. The van der Waals surface area contributed by atoms with Gasteiger partial charge in [-0.15, -0.1) is 0 Å². The molecule has 1 saturated heterocycles. The van der Waals surface area contributed by atoms with Crippen LogP contribution in [0.15, 0.2) is 28.7 Å². The number of benzene rings is 1. The fourth-order valence-electron chi connectivity index (χ4n) is 2.33. The molecule has 0 atom stereocenters. The summed E-state index contributed by atoms with van der Waals surface area (Å²) in [6.45, 7) is 1.63. The van der Waals surface area contributed by atoms with Gasteiger partial charge in [0.05, 0.1) is 0 Å². The molecule has 0 amide bonds. The molecule has 0 radical (unpaired) electrons. The van der Waals surface area contributed by atoms with Gasteiger partial charge in [0.2, 0.25) is 0 Å². The molecule has 0 unspecified atom stereocenters. The molecule has 1 aliphatic heterocycles. The summed E-state index contributed by atoms with van der Waals surface area (Å²) >= 11 is 5.93. The van der Waals surface area contributed by atoms with Crippen LogP contribution in [0, 0.1) is 0 Å². The van der Waals surface area contributed by atoms with Crippen molar-refractivity contribution >= 4 is 22.6 Å². The summed E-state index contributed by atoms with van der Waals surface area (Å²) in [5, 5.41) is 15.4. The Kier molecular flexibility index (Phi) is 2.62. The van der Waals surface area contributed by atoms with E-state index in [0.29, 0.717) is 23.6 Å². The molecular weight excluding hydrogens is 238 g/mol. The summed E-state index contributed by atoms with van der Waals surface area (Å²) in [5.41, 5.74) is -0.0622. The van der Waals surface area contributed by atoms with Crippen molar-refractivity contribution in [2.45, 2.75) is 18.4 Å². The van der Waals surface area contributed by atoms with E-state index in [1.807, 2.05) is 18.2 Å². The molecule has 2 heterocycles. The topological polar surface area (TPSA) is 45.4 Å². The maximum atomic E-state index is 10.5. The van der Waals surface area contributed by atoms with Crippen molar-refractivity contribution in [1.82, 2.24) is 5.32 Å². The Bertz CT molecular complexity index is 543. The van der Waals surface area contributed by atoms with Crippen molar-refractivity contribution in [2.75, 3.05) is 13.1 Å². The summed E-state index contributed by atoms with van der Waals surface area (Å²) in [6, 6.07) is 7.39. The zero-order valence-electron chi connectivity index (χ0n) is 9.37.